The van der Waals surface area contributed by atoms with Gasteiger partial charge in [0.2, 0.25) is 0 Å². The highest BCUT2D eigenvalue weighted by Gasteiger charge is 2.31. The van der Waals surface area contributed by atoms with Gasteiger partial charge in [-0.05, 0) is 48.9 Å². The molecule has 1 aliphatic carbocycles. The molecule has 1 aromatic carbocycles. The van der Waals surface area contributed by atoms with E-state index >= 15 is 0 Å². The van der Waals surface area contributed by atoms with Gasteiger partial charge in [-0.1, -0.05) is 23.4 Å². The highest BCUT2D eigenvalue weighted by atomic mass is 32.1. The van der Waals surface area contributed by atoms with Gasteiger partial charge in [0.05, 0.1) is 18.0 Å². The Morgan fingerprint density at radius 3 is 3.00 bits per heavy atom. The monoisotopic (exact) mass is 427 g/mol. The molecule has 3 aromatic rings. The standard InChI is InChI=1S/C22H22FN3O3S/c23-16-7-3-1-5-14(16)12-20-24-21(29-25-20)17-13-26(9-10-28-17)22(27)19-11-15-6-2-4-8-18(15)30-19/h1,3,5,7,11,17H,2,4,6,8-10,12-13H2. The zero-order valence-electron chi connectivity index (χ0n) is 16.5. The lowest BCUT2D eigenvalue weighted by molar-refractivity contribution is -0.0365. The highest BCUT2D eigenvalue weighted by molar-refractivity contribution is 7.14. The van der Waals surface area contributed by atoms with Gasteiger partial charge in [0.25, 0.3) is 11.8 Å². The summed E-state index contributed by atoms with van der Waals surface area (Å²) in [5.74, 6) is 0.458. The van der Waals surface area contributed by atoms with Crippen LogP contribution in [0.1, 0.15) is 56.3 Å². The van der Waals surface area contributed by atoms with Crippen molar-refractivity contribution in [1.29, 1.82) is 0 Å². The molecule has 1 atom stereocenters. The van der Waals surface area contributed by atoms with Crippen molar-refractivity contribution in [3.8, 4) is 0 Å². The summed E-state index contributed by atoms with van der Waals surface area (Å²) in [6.07, 6.45) is 4.31. The maximum Gasteiger partial charge on any atom is 0.264 e. The third-order valence-corrected chi connectivity index (χ3v) is 6.85. The van der Waals surface area contributed by atoms with Crippen LogP contribution in [0.15, 0.2) is 34.9 Å². The Morgan fingerprint density at radius 1 is 1.27 bits per heavy atom. The van der Waals surface area contributed by atoms with E-state index in [1.54, 1.807) is 34.4 Å². The Bertz CT molecular complexity index is 1040. The lowest BCUT2D eigenvalue weighted by Gasteiger charge is -2.30. The lowest BCUT2D eigenvalue weighted by Crippen LogP contribution is -2.42. The number of halogens is 1. The van der Waals surface area contributed by atoms with E-state index in [9.17, 15) is 9.18 Å². The molecule has 5 rings (SSSR count). The van der Waals surface area contributed by atoms with Gasteiger partial charge in [-0.2, -0.15) is 4.98 Å². The molecular weight excluding hydrogens is 405 g/mol. The van der Waals surface area contributed by atoms with E-state index in [0.29, 0.717) is 37.0 Å². The van der Waals surface area contributed by atoms with Gasteiger partial charge < -0.3 is 14.2 Å². The normalized spacial score (nSPS) is 19.0. The minimum atomic E-state index is -0.473. The van der Waals surface area contributed by atoms with E-state index in [2.05, 4.69) is 16.2 Å². The molecule has 156 valence electrons. The van der Waals surface area contributed by atoms with Crippen LogP contribution in [0.2, 0.25) is 0 Å². The van der Waals surface area contributed by atoms with Gasteiger partial charge >= 0.3 is 0 Å². The molecule has 0 spiro atoms. The Balaban J connectivity index is 1.27. The number of benzene rings is 1. The second-order valence-corrected chi connectivity index (χ2v) is 8.83. The number of hydrogen-bond acceptors (Lipinski definition) is 6. The van der Waals surface area contributed by atoms with Gasteiger partial charge in [-0.25, -0.2) is 4.39 Å². The van der Waals surface area contributed by atoms with Crippen LogP contribution < -0.4 is 0 Å². The molecule has 3 heterocycles. The fourth-order valence-corrected chi connectivity index (χ4v) is 5.24. The molecular formula is C22H22FN3O3S. The number of nitrogens with zero attached hydrogens (tertiary/aromatic N) is 3. The number of carbonyl (C=O) groups excluding carboxylic acids is 1. The largest absolute Gasteiger partial charge is 0.365 e. The number of carbonyl (C=O) groups is 1. The Labute approximate surface area is 177 Å². The van der Waals surface area contributed by atoms with E-state index in [4.69, 9.17) is 9.26 Å². The second-order valence-electron chi connectivity index (χ2n) is 7.69. The first kappa shape index (κ1) is 19.4. The number of morpholine rings is 1. The first-order valence-corrected chi connectivity index (χ1v) is 11.1. The molecule has 1 unspecified atom stereocenters. The smallest absolute Gasteiger partial charge is 0.264 e. The topological polar surface area (TPSA) is 68.5 Å². The van der Waals surface area contributed by atoms with Gasteiger partial charge in [-0.15, -0.1) is 11.3 Å². The summed E-state index contributed by atoms with van der Waals surface area (Å²) in [4.78, 5) is 21.4. The summed E-state index contributed by atoms with van der Waals surface area (Å²) in [5, 5.41) is 3.97. The number of ether oxygens (including phenoxy) is 1. The zero-order chi connectivity index (χ0) is 20.5. The van der Waals surface area contributed by atoms with E-state index in [1.807, 2.05) is 0 Å². The molecule has 8 heteroatoms. The molecule has 1 aliphatic heterocycles. The Morgan fingerprint density at radius 2 is 2.13 bits per heavy atom. The van der Waals surface area contributed by atoms with Crippen LogP contribution in [0, 0.1) is 5.82 Å². The molecule has 0 radical (unpaired) electrons. The minimum Gasteiger partial charge on any atom is -0.365 e. The molecule has 6 nitrogen and oxygen atoms in total. The average Bonchev–Trinajstić information content (AvgIpc) is 3.42. The number of rotatable bonds is 4. The van der Waals surface area contributed by atoms with Gasteiger partial charge in [0.15, 0.2) is 11.9 Å². The van der Waals surface area contributed by atoms with Crippen molar-refractivity contribution in [2.24, 2.45) is 0 Å². The summed E-state index contributed by atoms with van der Waals surface area (Å²) in [6.45, 7) is 1.31. The molecule has 0 bridgehead atoms. The van der Waals surface area contributed by atoms with Crippen LogP contribution in [0.5, 0.6) is 0 Å². The van der Waals surface area contributed by atoms with Crippen LogP contribution in [-0.2, 0) is 24.0 Å². The van der Waals surface area contributed by atoms with Crippen molar-refractivity contribution in [3.05, 3.63) is 68.7 Å². The van der Waals surface area contributed by atoms with Crippen LogP contribution in [0.25, 0.3) is 0 Å². The lowest BCUT2D eigenvalue weighted by atomic mass is 9.99. The third kappa shape index (κ3) is 3.89. The third-order valence-electron chi connectivity index (χ3n) is 5.63. The number of aryl methyl sites for hydroxylation is 2. The van der Waals surface area contributed by atoms with E-state index in [-0.39, 0.29) is 18.1 Å². The van der Waals surface area contributed by atoms with Gasteiger partial charge in [0, 0.05) is 17.8 Å². The summed E-state index contributed by atoms with van der Waals surface area (Å²) < 4.78 is 25.0. The number of aromatic nitrogens is 2. The first-order chi connectivity index (χ1) is 14.7. The van der Waals surface area contributed by atoms with Crippen LogP contribution in [0.4, 0.5) is 4.39 Å². The SMILES string of the molecule is O=C(c1cc2c(s1)CCCC2)N1CCOC(c2nc(Cc3ccccc3F)no2)C1. The van der Waals surface area contributed by atoms with E-state index in [1.165, 1.54) is 29.3 Å². The molecule has 30 heavy (non-hydrogen) atoms. The summed E-state index contributed by atoms with van der Waals surface area (Å²) in [6, 6.07) is 8.59. The number of thiophene rings is 1. The maximum atomic E-state index is 13.9. The van der Waals surface area contributed by atoms with Crippen LogP contribution in [0.3, 0.4) is 0 Å². The molecule has 0 N–H and O–H groups in total. The molecule has 2 aromatic heterocycles. The van der Waals surface area contributed by atoms with E-state index in [0.717, 1.165) is 17.7 Å². The highest BCUT2D eigenvalue weighted by Crippen LogP contribution is 2.31. The number of fused-ring (bicyclic) bond motifs is 1. The molecule has 1 saturated heterocycles. The van der Waals surface area contributed by atoms with Crippen LogP contribution >= 0.6 is 11.3 Å². The van der Waals surface area contributed by atoms with Crippen molar-refractivity contribution in [2.45, 2.75) is 38.2 Å². The minimum absolute atomic E-state index is 0.0359. The fourth-order valence-electron chi connectivity index (χ4n) is 4.02. The average molecular weight is 428 g/mol. The molecule has 2 aliphatic rings. The van der Waals surface area contributed by atoms with Crippen molar-refractivity contribution in [3.63, 3.8) is 0 Å². The van der Waals surface area contributed by atoms with Crippen molar-refractivity contribution in [2.75, 3.05) is 19.7 Å². The zero-order valence-corrected chi connectivity index (χ0v) is 17.3. The fraction of sp³-hybridized carbons (Fsp3) is 0.409. The van der Waals surface area contributed by atoms with Gasteiger partial charge in [0.1, 0.15) is 5.82 Å². The van der Waals surface area contributed by atoms with E-state index < -0.39 is 6.10 Å². The predicted octanol–water partition coefficient (Wildman–Crippen LogP) is 3.95. The number of hydrogen-bond donors (Lipinski definition) is 0. The summed E-state index contributed by atoms with van der Waals surface area (Å²) >= 11 is 1.62. The maximum absolute atomic E-state index is 13.9. The van der Waals surface area contributed by atoms with Gasteiger partial charge in [-0.3, -0.25) is 4.79 Å². The van der Waals surface area contributed by atoms with Crippen molar-refractivity contribution < 1.29 is 18.4 Å². The summed E-state index contributed by atoms with van der Waals surface area (Å²) in [5.41, 5.74) is 1.84. The molecule has 1 amide bonds. The van der Waals surface area contributed by atoms with Crippen LogP contribution in [-0.4, -0.2) is 40.6 Å². The Hall–Kier alpha value is -2.58. The summed E-state index contributed by atoms with van der Waals surface area (Å²) in [7, 11) is 0. The Kier molecular flexibility index (Phi) is 5.35. The quantitative estimate of drug-likeness (QED) is 0.631. The second kappa shape index (κ2) is 8.28. The molecule has 0 saturated carbocycles. The van der Waals surface area contributed by atoms with Crippen molar-refractivity contribution in [1.82, 2.24) is 15.0 Å². The predicted molar refractivity (Wildman–Crippen MR) is 109 cm³/mol. The van der Waals surface area contributed by atoms with Crippen molar-refractivity contribution >= 4 is 17.2 Å². The number of amides is 1. The first-order valence-electron chi connectivity index (χ1n) is 10.3. The molecule has 1 fully saturated rings.